The van der Waals surface area contributed by atoms with Gasteiger partial charge in [-0.05, 0) is 35.6 Å². The highest BCUT2D eigenvalue weighted by Crippen LogP contribution is 2.43. The van der Waals surface area contributed by atoms with Crippen LogP contribution in [0.2, 0.25) is 0 Å². The van der Waals surface area contributed by atoms with Crippen molar-refractivity contribution in [2.45, 2.75) is 37.3 Å². The summed E-state index contributed by atoms with van der Waals surface area (Å²) >= 11 is 5.64. The molecule has 1 N–H and O–H groups in total. The van der Waals surface area contributed by atoms with Gasteiger partial charge in [0.25, 0.3) is 5.91 Å². The first-order valence-electron chi connectivity index (χ1n) is 8.79. The number of rotatable bonds is 7. The molecule has 0 unspecified atom stereocenters. The Balaban J connectivity index is 1.42. The number of amides is 1. The van der Waals surface area contributed by atoms with Crippen LogP contribution in [0.3, 0.4) is 0 Å². The predicted molar refractivity (Wildman–Crippen MR) is 112 cm³/mol. The summed E-state index contributed by atoms with van der Waals surface area (Å²) in [6, 6.07) is 8.11. The molecule has 2 heterocycles. The van der Waals surface area contributed by atoms with Crippen molar-refractivity contribution in [3.8, 4) is 5.75 Å². The Bertz CT molecular complexity index is 710. The molecule has 1 fully saturated rings. The molecule has 1 saturated heterocycles. The number of hydrogen-bond acceptors (Lipinski definition) is 6. The zero-order valence-corrected chi connectivity index (χ0v) is 17.5. The van der Waals surface area contributed by atoms with Crippen molar-refractivity contribution in [3.05, 3.63) is 45.9 Å². The summed E-state index contributed by atoms with van der Waals surface area (Å²) in [5.41, 5.74) is 2.22. The molecule has 0 radical (unpaired) electrons. The van der Waals surface area contributed by atoms with Crippen molar-refractivity contribution in [2.75, 3.05) is 18.1 Å². The van der Waals surface area contributed by atoms with Gasteiger partial charge in [0.1, 0.15) is 5.75 Å². The van der Waals surface area contributed by atoms with E-state index in [4.69, 9.17) is 4.74 Å². The molecule has 140 valence electrons. The molecule has 0 saturated carbocycles. The number of carbonyl (C=O) groups excluding carboxylic acids is 1. The molecule has 1 aliphatic heterocycles. The minimum Gasteiger partial charge on any atom is -0.484 e. The molecular formula is C19H24N2O2S3. The monoisotopic (exact) mass is 408 g/mol. The van der Waals surface area contributed by atoms with E-state index in [1.807, 2.05) is 41.0 Å². The number of benzene rings is 1. The quantitative estimate of drug-likeness (QED) is 0.711. The molecule has 0 aliphatic carbocycles. The van der Waals surface area contributed by atoms with Gasteiger partial charge in [0.2, 0.25) is 0 Å². The lowest BCUT2D eigenvalue weighted by Crippen LogP contribution is -2.28. The first-order chi connectivity index (χ1) is 12.6. The highest BCUT2D eigenvalue weighted by molar-refractivity contribution is 8.16. The summed E-state index contributed by atoms with van der Waals surface area (Å²) in [5.74, 6) is 3.47. The molecule has 26 heavy (non-hydrogen) atoms. The van der Waals surface area contributed by atoms with Crippen molar-refractivity contribution in [3.63, 3.8) is 0 Å². The zero-order valence-electron chi connectivity index (χ0n) is 15.1. The molecule has 1 aliphatic rings. The lowest BCUT2D eigenvalue weighted by Gasteiger charge is -2.21. The lowest BCUT2D eigenvalue weighted by molar-refractivity contribution is -0.123. The Hall–Kier alpha value is -1.18. The number of aromatic nitrogens is 1. The van der Waals surface area contributed by atoms with Crippen LogP contribution in [0.1, 0.15) is 47.0 Å². The van der Waals surface area contributed by atoms with Crippen LogP contribution < -0.4 is 10.1 Å². The Morgan fingerprint density at radius 2 is 2.00 bits per heavy atom. The third kappa shape index (κ3) is 5.66. The molecule has 2 aromatic rings. The van der Waals surface area contributed by atoms with E-state index >= 15 is 0 Å². The third-order valence-electron chi connectivity index (χ3n) is 3.88. The Morgan fingerprint density at radius 3 is 2.65 bits per heavy atom. The van der Waals surface area contributed by atoms with Gasteiger partial charge in [-0.1, -0.05) is 26.0 Å². The van der Waals surface area contributed by atoms with Crippen LogP contribution in [0.4, 0.5) is 0 Å². The van der Waals surface area contributed by atoms with Crippen LogP contribution in [0.25, 0.3) is 0 Å². The average molecular weight is 409 g/mol. The fourth-order valence-electron chi connectivity index (χ4n) is 2.46. The summed E-state index contributed by atoms with van der Waals surface area (Å²) in [6.07, 6.45) is 1.29. The topological polar surface area (TPSA) is 51.2 Å². The van der Waals surface area contributed by atoms with E-state index in [2.05, 4.69) is 36.3 Å². The van der Waals surface area contributed by atoms with Crippen molar-refractivity contribution in [1.29, 1.82) is 0 Å². The SMILES string of the molecule is CC(C)c1nc(CNC(=O)COc2ccc(C3SCCCS3)cc2)cs1. The molecule has 7 heteroatoms. The second kappa shape index (κ2) is 9.67. The maximum atomic E-state index is 12.0. The largest absolute Gasteiger partial charge is 0.484 e. The number of ether oxygens (including phenoxy) is 1. The van der Waals surface area contributed by atoms with Gasteiger partial charge in [0.05, 0.1) is 21.8 Å². The smallest absolute Gasteiger partial charge is 0.258 e. The van der Waals surface area contributed by atoms with Crippen LogP contribution in [0.5, 0.6) is 5.75 Å². The van der Waals surface area contributed by atoms with Crippen LogP contribution in [-0.4, -0.2) is 29.0 Å². The van der Waals surface area contributed by atoms with E-state index < -0.39 is 0 Å². The van der Waals surface area contributed by atoms with E-state index in [0.717, 1.165) is 16.5 Å². The van der Waals surface area contributed by atoms with Gasteiger partial charge < -0.3 is 10.1 Å². The zero-order chi connectivity index (χ0) is 18.4. The van der Waals surface area contributed by atoms with Crippen molar-refractivity contribution in [1.82, 2.24) is 10.3 Å². The molecule has 0 spiro atoms. The first kappa shape index (κ1) is 19.6. The number of carbonyl (C=O) groups is 1. The summed E-state index contributed by atoms with van der Waals surface area (Å²) in [4.78, 5) is 16.5. The second-order valence-electron chi connectivity index (χ2n) is 6.39. The van der Waals surface area contributed by atoms with E-state index in [1.165, 1.54) is 23.5 Å². The first-order valence-corrected chi connectivity index (χ1v) is 11.8. The maximum Gasteiger partial charge on any atom is 0.258 e. The minimum atomic E-state index is -0.133. The minimum absolute atomic E-state index is 0.0213. The predicted octanol–water partition coefficient (Wildman–Crippen LogP) is 4.83. The Morgan fingerprint density at radius 1 is 1.27 bits per heavy atom. The summed E-state index contributed by atoms with van der Waals surface area (Å²) in [7, 11) is 0. The number of nitrogens with one attached hydrogen (secondary N) is 1. The number of thiazole rings is 1. The van der Waals surface area contributed by atoms with Crippen molar-refractivity contribution < 1.29 is 9.53 Å². The van der Waals surface area contributed by atoms with Crippen LogP contribution >= 0.6 is 34.9 Å². The summed E-state index contributed by atoms with van der Waals surface area (Å²) in [5, 5.41) is 5.95. The molecule has 0 atom stereocenters. The van der Waals surface area contributed by atoms with Crippen LogP contribution in [-0.2, 0) is 11.3 Å². The molecule has 1 aromatic heterocycles. The Labute approximate surface area is 167 Å². The van der Waals surface area contributed by atoms with E-state index in [0.29, 0.717) is 17.0 Å². The second-order valence-corrected chi connectivity index (χ2v) is 10.0. The van der Waals surface area contributed by atoms with Gasteiger partial charge >= 0.3 is 0 Å². The highest BCUT2D eigenvalue weighted by atomic mass is 32.2. The van der Waals surface area contributed by atoms with Crippen molar-refractivity contribution >= 4 is 40.8 Å². The number of thioether (sulfide) groups is 2. The highest BCUT2D eigenvalue weighted by Gasteiger charge is 2.16. The van der Waals surface area contributed by atoms with Gasteiger partial charge in [-0.2, -0.15) is 0 Å². The maximum absolute atomic E-state index is 12.0. The lowest BCUT2D eigenvalue weighted by atomic mass is 10.2. The molecule has 3 rings (SSSR count). The van der Waals surface area contributed by atoms with E-state index in [9.17, 15) is 4.79 Å². The Kier molecular flexibility index (Phi) is 7.28. The van der Waals surface area contributed by atoms with Gasteiger partial charge in [0, 0.05) is 11.3 Å². The van der Waals surface area contributed by atoms with Gasteiger partial charge in [0.15, 0.2) is 6.61 Å². The fraction of sp³-hybridized carbons (Fsp3) is 0.474. The van der Waals surface area contributed by atoms with E-state index in [-0.39, 0.29) is 12.5 Å². The molecule has 1 aromatic carbocycles. The summed E-state index contributed by atoms with van der Waals surface area (Å²) < 4.78 is 6.12. The third-order valence-corrected chi connectivity index (χ3v) is 8.09. The van der Waals surface area contributed by atoms with Crippen LogP contribution in [0.15, 0.2) is 29.6 Å². The van der Waals surface area contributed by atoms with Gasteiger partial charge in [-0.25, -0.2) is 4.98 Å². The van der Waals surface area contributed by atoms with E-state index in [1.54, 1.807) is 11.3 Å². The standard InChI is InChI=1S/C19H24N2O2S3/c1-13(2)18-21-15(12-26-18)10-20-17(22)11-23-16-6-4-14(5-7-16)19-24-8-3-9-25-19/h4-7,12-13,19H,3,8-11H2,1-2H3,(H,20,22). The molecular weight excluding hydrogens is 384 g/mol. The normalized spacial score (nSPS) is 15.2. The summed E-state index contributed by atoms with van der Waals surface area (Å²) in [6.45, 7) is 4.70. The van der Waals surface area contributed by atoms with Gasteiger partial charge in [-0.15, -0.1) is 34.9 Å². The van der Waals surface area contributed by atoms with Crippen LogP contribution in [0, 0.1) is 0 Å². The fourth-order valence-corrected chi connectivity index (χ4v) is 6.19. The van der Waals surface area contributed by atoms with Crippen molar-refractivity contribution in [2.24, 2.45) is 0 Å². The molecule has 4 nitrogen and oxygen atoms in total. The molecule has 0 bridgehead atoms. The average Bonchev–Trinajstić information content (AvgIpc) is 3.15. The van der Waals surface area contributed by atoms with Gasteiger partial charge in [-0.3, -0.25) is 4.79 Å². The number of nitrogens with zero attached hydrogens (tertiary/aromatic N) is 1. The molecule has 1 amide bonds. The number of hydrogen-bond donors (Lipinski definition) is 1.